The average molecular weight is 563 g/mol. The van der Waals surface area contributed by atoms with Gasteiger partial charge in [-0.25, -0.2) is 4.98 Å². The van der Waals surface area contributed by atoms with E-state index in [1.54, 1.807) is 7.11 Å². The summed E-state index contributed by atoms with van der Waals surface area (Å²) in [5.74, 6) is 0.785. The summed E-state index contributed by atoms with van der Waals surface area (Å²) >= 11 is 1.44. The van der Waals surface area contributed by atoms with E-state index in [-0.39, 0.29) is 30.4 Å². The second kappa shape index (κ2) is 12.9. The van der Waals surface area contributed by atoms with Gasteiger partial charge in [0, 0.05) is 57.7 Å². The number of amides is 2. The lowest BCUT2D eigenvalue weighted by atomic mass is 9.87. The second-order valence-electron chi connectivity index (χ2n) is 10.7. The van der Waals surface area contributed by atoms with E-state index in [0.717, 1.165) is 47.9 Å². The maximum atomic E-state index is 13.2. The van der Waals surface area contributed by atoms with Gasteiger partial charge in [-0.1, -0.05) is 50.2 Å². The molecule has 9 heteroatoms. The summed E-state index contributed by atoms with van der Waals surface area (Å²) in [6, 6.07) is 16.2. The lowest BCUT2D eigenvalue weighted by Crippen LogP contribution is -2.49. The maximum absolute atomic E-state index is 13.2. The zero-order chi connectivity index (χ0) is 28.1. The summed E-state index contributed by atoms with van der Waals surface area (Å²) in [6.07, 6.45) is 0.815. The third-order valence-electron chi connectivity index (χ3n) is 7.64. The van der Waals surface area contributed by atoms with Crippen LogP contribution in [0.2, 0.25) is 0 Å². The van der Waals surface area contributed by atoms with E-state index in [9.17, 15) is 9.59 Å². The van der Waals surface area contributed by atoms with E-state index in [4.69, 9.17) is 9.47 Å². The highest BCUT2D eigenvalue weighted by atomic mass is 32.1. The van der Waals surface area contributed by atoms with Crippen LogP contribution in [0.5, 0.6) is 5.75 Å². The zero-order valence-electron chi connectivity index (χ0n) is 23.5. The summed E-state index contributed by atoms with van der Waals surface area (Å²) < 4.78 is 11.3. The molecule has 0 N–H and O–H groups in total. The first-order valence-corrected chi connectivity index (χ1v) is 14.9. The molecule has 1 atom stereocenters. The van der Waals surface area contributed by atoms with Gasteiger partial charge in [0.25, 0.3) is 5.91 Å². The number of piperazine rings is 1. The fourth-order valence-corrected chi connectivity index (χ4v) is 6.10. The van der Waals surface area contributed by atoms with Crippen molar-refractivity contribution in [2.75, 3.05) is 53.0 Å². The Morgan fingerprint density at radius 1 is 1.05 bits per heavy atom. The van der Waals surface area contributed by atoms with Crippen LogP contribution in [-0.4, -0.2) is 84.5 Å². The lowest BCUT2D eigenvalue weighted by molar-refractivity contribution is -0.136. The number of hydrogen-bond acceptors (Lipinski definition) is 7. The number of carbonyl (C=O) groups is 2. The van der Waals surface area contributed by atoms with E-state index in [0.29, 0.717) is 31.9 Å². The number of rotatable bonds is 9. The van der Waals surface area contributed by atoms with Crippen molar-refractivity contribution in [3.8, 4) is 5.75 Å². The molecule has 1 unspecified atom stereocenters. The first-order chi connectivity index (χ1) is 19.4. The number of nitrogens with zero attached hydrogens (tertiary/aromatic N) is 4. The van der Waals surface area contributed by atoms with Crippen LogP contribution in [0.1, 0.15) is 52.1 Å². The quantitative estimate of drug-likeness (QED) is 0.388. The molecule has 0 saturated carbocycles. The Labute approximate surface area is 240 Å². The third-order valence-corrected chi connectivity index (χ3v) is 8.46. The number of thiazole rings is 1. The second-order valence-corrected chi connectivity index (χ2v) is 11.6. The van der Waals surface area contributed by atoms with Crippen LogP contribution in [0.4, 0.5) is 0 Å². The van der Waals surface area contributed by atoms with Gasteiger partial charge in [-0.15, -0.1) is 11.3 Å². The van der Waals surface area contributed by atoms with Crippen molar-refractivity contribution in [2.24, 2.45) is 5.92 Å². The standard InChI is InChI=1S/C31H38N4O4S/c1-22(2)30(36)35-12-11-23-9-10-25(19-26(23)29(35)24-7-5-4-6-8-24)39-20-28-32-27(21-40-28)31(37)34-15-13-33(14-16-34)17-18-38-3/h4-10,19,21-22,29H,11-18,20H2,1-3H3. The van der Waals surface area contributed by atoms with E-state index in [1.165, 1.54) is 16.9 Å². The molecule has 1 saturated heterocycles. The fourth-order valence-electron chi connectivity index (χ4n) is 5.42. The predicted octanol–water partition coefficient (Wildman–Crippen LogP) is 4.26. The van der Waals surface area contributed by atoms with Gasteiger partial charge in [0.1, 0.15) is 23.1 Å². The topological polar surface area (TPSA) is 75.2 Å². The molecule has 1 fully saturated rings. The molecule has 0 spiro atoms. The Bertz CT molecular complexity index is 1300. The Morgan fingerprint density at radius 3 is 2.55 bits per heavy atom. The molecule has 1 aromatic heterocycles. The number of ether oxygens (including phenoxy) is 2. The summed E-state index contributed by atoms with van der Waals surface area (Å²) in [6.45, 7) is 9.56. The van der Waals surface area contributed by atoms with Crippen LogP contribution < -0.4 is 4.74 Å². The van der Waals surface area contributed by atoms with Gasteiger partial charge in [0.05, 0.1) is 12.6 Å². The number of fused-ring (bicyclic) bond motifs is 1. The molecule has 8 nitrogen and oxygen atoms in total. The first kappa shape index (κ1) is 28.3. The van der Waals surface area contributed by atoms with Gasteiger partial charge in [-0.05, 0) is 35.2 Å². The minimum Gasteiger partial charge on any atom is -0.486 e. The Morgan fingerprint density at radius 2 is 1.82 bits per heavy atom. The molecule has 3 heterocycles. The molecule has 2 aromatic carbocycles. The highest BCUT2D eigenvalue weighted by Gasteiger charge is 2.33. The Hall–Kier alpha value is -3.27. The highest BCUT2D eigenvalue weighted by Crippen LogP contribution is 2.38. The normalized spacial score (nSPS) is 17.6. The van der Waals surface area contributed by atoms with Crippen LogP contribution in [0.3, 0.4) is 0 Å². The largest absolute Gasteiger partial charge is 0.486 e. The maximum Gasteiger partial charge on any atom is 0.273 e. The van der Waals surface area contributed by atoms with Crippen molar-refractivity contribution in [3.63, 3.8) is 0 Å². The molecule has 212 valence electrons. The van der Waals surface area contributed by atoms with E-state index < -0.39 is 0 Å². The summed E-state index contributed by atoms with van der Waals surface area (Å²) in [5.41, 5.74) is 3.91. The van der Waals surface area contributed by atoms with Crippen LogP contribution in [0.15, 0.2) is 53.9 Å². The van der Waals surface area contributed by atoms with Crippen molar-refractivity contribution >= 4 is 23.2 Å². The predicted molar refractivity (Wildman–Crippen MR) is 156 cm³/mol. The van der Waals surface area contributed by atoms with E-state index in [1.807, 2.05) is 53.3 Å². The number of benzene rings is 2. The average Bonchev–Trinajstić information content (AvgIpc) is 3.47. The SMILES string of the molecule is COCCN1CCN(C(=O)c2csc(COc3ccc4c(c3)C(c3ccccc3)N(C(=O)C(C)C)CC4)n2)CC1. The zero-order valence-corrected chi connectivity index (χ0v) is 24.4. The van der Waals surface area contributed by atoms with Crippen molar-refractivity contribution in [3.05, 3.63) is 81.3 Å². The number of methoxy groups -OCH3 is 1. The number of carbonyl (C=O) groups excluding carboxylic acids is 2. The number of aromatic nitrogens is 1. The fraction of sp³-hybridized carbons (Fsp3) is 0.452. The Kier molecular flexibility index (Phi) is 9.14. The molecule has 40 heavy (non-hydrogen) atoms. The highest BCUT2D eigenvalue weighted by molar-refractivity contribution is 7.09. The third kappa shape index (κ3) is 6.37. The molecular formula is C31H38N4O4S. The lowest BCUT2D eigenvalue weighted by Gasteiger charge is -2.39. The van der Waals surface area contributed by atoms with Crippen LogP contribution >= 0.6 is 11.3 Å². The molecule has 3 aromatic rings. The molecule has 2 aliphatic heterocycles. The van der Waals surface area contributed by atoms with Gasteiger partial charge in [0.2, 0.25) is 5.91 Å². The van der Waals surface area contributed by atoms with Gasteiger partial charge in [-0.2, -0.15) is 0 Å². The summed E-state index contributed by atoms with van der Waals surface area (Å²) in [5, 5.41) is 2.59. The van der Waals surface area contributed by atoms with Gasteiger partial charge in [-0.3, -0.25) is 14.5 Å². The molecule has 2 aliphatic rings. The minimum atomic E-state index is -0.151. The van der Waals surface area contributed by atoms with E-state index in [2.05, 4.69) is 34.1 Å². The van der Waals surface area contributed by atoms with Gasteiger partial charge < -0.3 is 19.3 Å². The van der Waals surface area contributed by atoms with Crippen molar-refractivity contribution in [2.45, 2.75) is 32.9 Å². The summed E-state index contributed by atoms with van der Waals surface area (Å²) in [4.78, 5) is 37.0. The molecular weight excluding hydrogens is 524 g/mol. The van der Waals surface area contributed by atoms with Crippen molar-refractivity contribution in [1.82, 2.24) is 19.7 Å². The van der Waals surface area contributed by atoms with Crippen molar-refractivity contribution in [1.29, 1.82) is 0 Å². The van der Waals surface area contributed by atoms with Gasteiger partial charge in [0.15, 0.2) is 0 Å². The smallest absolute Gasteiger partial charge is 0.273 e. The number of hydrogen-bond donors (Lipinski definition) is 0. The minimum absolute atomic E-state index is 0.0247. The van der Waals surface area contributed by atoms with Crippen LogP contribution in [0.25, 0.3) is 0 Å². The first-order valence-electron chi connectivity index (χ1n) is 14.0. The molecule has 0 bridgehead atoms. The van der Waals surface area contributed by atoms with E-state index >= 15 is 0 Å². The molecule has 0 aliphatic carbocycles. The molecule has 0 radical (unpaired) electrons. The van der Waals surface area contributed by atoms with Crippen LogP contribution in [0, 0.1) is 5.92 Å². The monoisotopic (exact) mass is 562 g/mol. The molecule has 2 amide bonds. The van der Waals surface area contributed by atoms with Crippen molar-refractivity contribution < 1.29 is 19.1 Å². The molecule has 5 rings (SSSR count). The Balaban J connectivity index is 1.26. The van der Waals surface area contributed by atoms with Gasteiger partial charge >= 0.3 is 0 Å². The van der Waals surface area contributed by atoms with Crippen LogP contribution in [-0.2, 0) is 22.6 Å². The summed E-state index contributed by atoms with van der Waals surface area (Å²) in [7, 11) is 1.71.